The number of rotatable bonds is 4. The second kappa shape index (κ2) is 7.13. The Balaban J connectivity index is 1.85. The first-order valence-electron chi connectivity index (χ1n) is 8.57. The van der Waals surface area contributed by atoms with Crippen molar-refractivity contribution in [3.8, 4) is 17.3 Å². The van der Waals surface area contributed by atoms with Gasteiger partial charge in [-0.15, -0.1) is 11.3 Å². The van der Waals surface area contributed by atoms with Crippen LogP contribution in [0.1, 0.15) is 22.0 Å². The Morgan fingerprint density at radius 1 is 1.41 bits per heavy atom. The summed E-state index contributed by atoms with van der Waals surface area (Å²) in [7, 11) is 0. The fourth-order valence-corrected chi connectivity index (χ4v) is 4.49. The van der Waals surface area contributed by atoms with E-state index in [2.05, 4.69) is 9.97 Å². The summed E-state index contributed by atoms with van der Waals surface area (Å²) in [6.07, 6.45) is -3.77. The number of benzene rings is 1. The number of halogens is 1. The SMILES string of the molecule is N#C[C@]1(CO)O[C@@H](c2csc3c(-c4ccccc4C(N)=O)ncnc23)[C@H](F)[C@@H]1O. The molecule has 0 aliphatic carbocycles. The van der Waals surface area contributed by atoms with Gasteiger partial charge in [0.05, 0.1) is 22.5 Å². The van der Waals surface area contributed by atoms with E-state index in [9.17, 15) is 24.7 Å². The highest BCUT2D eigenvalue weighted by molar-refractivity contribution is 7.17. The zero-order valence-electron chi connectivity index (χ0n) is 14.8. The highest BCUT2D eigenvalue weighted by Gasteiger charge is 2.56. The van der Waals surface area contributed by atoms with E-state index in [1.54, 1.807) is 35.7 Å². The van der Waals surface area contributed by atoms with E-state index >= 15 is 0 Å². The molecule has 10 heteroatoms. The Kier molecular flexibility index (Phi) is 4.76. The van der Waals surface area contributed by atoms with Crippen molar-refractivity contribution in [2.24, 2.45) is 5.73 Å². The van der Waals surface area contributed by atoms with Crippen LogP contribution < -0.4 is 5.73 Å². The van der Waals surface area contributed by atoms with Gasteiger partial charge in [-0.3, -0.25) is 4.79 Å². The van der Waals surface area contributed by atoms with Crippen LogP contribution in [0.5, 0.6) is 0 Å². The fraction of sp³-hybridized carbons (Fsp3) is 0.263. The van der Waals surface area contributed by atoms with Crippen molar-refractivity contribution >= 4 is 27.5 Å². The number of nitriles is 1. The van der Waals surface area contributed by atoms with Gasteiger partial charge in [-0.05, 0) is 11.4 Å². The van der Waals surface area contributed by atoms with Crippen LogP contribution >= 0.6 is 11.3 Å². The molecule has 0 bridgehead atoms. The molecule has 1 saturated heterocycles. The Bertz CT molecular complexity index is 1150. The molecule has 3 aromatic rings. The second-order valence-electron chi connectivity index (χ2n) is 6.59. The van der Waals surface area contributed by atoms with Gasteiger partial charge in [-0.1, -0.05) is 18.2 Å². The van der Waals surface area contributed by atoms with Crippen molar-refractivity contribution in [3.05, 3.63) is 47.1 Å². The number of hydrogen-bond donors (Lipinski definition) is 3. The number of carbonyl (C=O) groups is 1. The minimum atomic E-state index is -2.05. The number of carbonyl (C=O) groups excluding carboxylic acids is 1. The number of aliphatic hydroxyl groups is 2. The maximum absolute atomic E-state index is 14.8. The third kappa shape index (κ3) is 2.87. The van der Waals surface area contributed by atoms with Crippen LogP contribution in [0.15, 0.2) is 36.0 Å². The monoisotopic (exact) mass is 414 g/mol. The van der Waals surface area contributed by atoms with E-state index in [4.69, 9.17) is 10.5 Å². The predicted octanol–water partition coefficient (Wildman–Crippen LogP) is 1.48. The highest BCUT2D eigenvalue weighted by Crippen LogP contribution is 2.45. The van der Waals surface area contributed by atoms with E-state index < -0.39 is 36.5 Å². The molecule has 3 heterocycles. The quantitative estimate of drug-likeness (QED) is 0.587. The van der Waals surface area contributed by atoms with Crippen molar-refractivity contribution in [3.63, 3.8) is 0 Å². The lowest BCUT2D eigenvalue weighted by molar-refractivity contribution is -0.0731. The maximum Gasteiger partial charge on any atom is 0.249 e. The van der Waals surface area contributed by atoms with Crippen LogP contribution in [-0.2, 0) is 4.74 Å². The van der Waals surface area contributed by atoms with Crippen molar-refractivity contribution in [2.45, 2.75) is 24.0 Å². The standard InChI is InChI=1S/C19H15FN4O4S/c20-12-15(28-19(6-21,7-25)17(12)26)11-5-29-16-13(23-8-24-14(11)16)9-3-1-2-4-10(9)18(22)27/h1-5,8,12,15,17,25-26H,7H2,(H2,22,27)/t12-,15-,17-,19+/m0/s1. The van der Waals surface area contributed by atoms with Gasteiger partial charge >= 0.3 is 0 Å². The van der Waals surface area contributed by atoms with Crippen molar-refractivity contribution in [1.82, 2.24) is 9.97 Å². The normalized spacial score (nSPS) is 26.5. The van der Waals surface area contributed by atoms with E-state index in [1.807, 2.05) is 0 Å². The Morgan fingerprint density at radius 2 is 2.17 bits per heavy atom. The minimum absolute atomic E-state index is 0.280. The number of thiophene rings is 1. The number of aliphatic hydroxyl groups excluding tert-OH is 2. The molecule has 1 fully saturated rings. The van der Waals surface area contributed by atoms with Crippen LogP contribution in [0.4, 0.5) is 4.39 Å². The van der Waals surface area contributed by atoms with Crippen LogP contribution in [0.25, 0.3) is 21.5 Å². The molecule has 8 nitrogen and oxygen atoms in total. The molecule has 1 amide bonds. The van der Waals surface area contributed by atoms with Gasteiger partial charge in [0.15, 0.2) is 6.17 Å². The lowest BCUT2D eigenvalue weighted by atomic mass is 9.96. The molecule has 0 spiro atoms. The predicted molar refractivity (Wildman–Crippen MR) is 102 cm³/mol. The topological polar surface area (TPSA) is 142 Å². The largest absolute Gasteiger partial charge is 0.392 e. The number of alkyl halides is 1. The number of aromatic nitrogens is 2. The molecule has 4 rings (SSSR count). The fourth-order valence-electron chi connectivity index (χ4n) is 3.45. The Morgan fingerprint density at radius 3 is 2.83 bits per heavy atom. The van der Waals surface area contributed by atoms with Gasteiger partial charge in [0, 0.05) is 16.7 Å². The summed E-state index contributed by atoms with van der Waals surface area (Å²) in [5, 5.41) is 30.5. The third-order valence-corrected chi connectivity index (χ3v) is 5.96. The second-order valence-corrected chi connectivity index (χ2v) is 7.47. The van der Waals surface area contributed by atoms with Crippen LogP contribution in [0.3, 0.4) is 0 Å². The van der Waals surface area contributed by atoms with Crippen LogP contribution in [-0.4, -0.2) is 50.6 Å². The lowest BCUT2D eigenvalue weighted by Gasteiger charge is -2.20. The summed E-state index contributed by atoms with van der Waals surface area (Å²) < 4.78 is 20.8. The molecule has 0 saturated carbocycles. The lowest BCUT2D eigenvalue weighted by Crippen LogP contribution is -2.44. The van der Waals surface area contributed by atoms with Crippen LogP contribution in [0.2, 0.25) is 0 Å². The molecule has 4 atom stereocenters. The molecule has 0 radical (unpaired) electrons. The molecule has 1 aliphatic heterocycles. The Hall–Kier alpha value is -2.97. The molecular formula is C19H15FN4O4S. The number of primary amides is 1. The average Bonchev–Trinajstić information content (AvgIpc) is 3.28. The molecule has 2 aromatic heterocycles. The summed E-state index contributed by atoms with van der Waals surface area (Å²) in [5.41, 5.74) is 5.34. The first-order chi connectivity index (χ1) is 13.9. The molecule has 1 aliphatic rings. The maximum atomic E-state index is 14.8. The molecule has 0 unspecified atom stereocenters. The van der Waals surface area contributed by atoms with Gasteiger partial charge in [0.2, 0.25) is 11.5 Å². The van der Waals surface area contributed by atoms with E-state index in [1.165, 1.54) is 17.7 Å². The summed E-state index contributed by atoms with van der Waals surface area (Å²) in [5.74, 6) is -0.614. The minimum Gasteiger partial charge on any atom is -0.392 e. The Labute approximate surface area is 168 Å². The van der Waals surface area contributed by atoms with Crippen molar-refractivity contribution in [1.29, 1.82) is 5.26 Å². The van der Waals surface area contributed by atoms with E-state index in [0.717, 1.165) is 0 Å². The van der Waals surface area contributed by atoms with Gasteiger partial charge in [0.25, 0.3) is 0 Å². The molecule has 29 heavy (non-hydrogen) atoms. The zero-order valence-corrected chi connectivity index (χ0v) is 15.6. The first kappa shape index (κ1) is 19.4. The summed E-state index contributed by atoms with van der Waals surface area (Å²) in [6.45, 7) is -0.851. The van der Waals surface area contributed by atoms with Crippen molar-refractivity contribution in [2.75, 3.05) is 6.61 Å². The van der Waals surface area contributed by atoms with Crippen LogP contribution in [0, 0.1) is 11.3 Å². The molecule has 148 valence electrons. The number of nitrogens with zero attached hydrogens (tertiary/aromatic N) is 3. The number of nitrogens with two attached hydrogens (primary N) is 1. The van der Waals surface area contributed by atoms with E-state index in [-0.39, 0.29) is 5.56 Å². The van der Waals surface area contributed by atoms with Gasteiger partial charge < -0.3 is 20.7 Å². The number of ether oxygens (including phenoxy) is 1. The number of amides is 1. The van der Waals surface area contributed by atoms with Crippen molar-refractivity contribution < 1.29 is 24.1 Å². The first-order valence-corrected chi connectivity index (χ1v) is 9.45. The summed E-state index contributed by atoms with van der Waals surface area (Å²) in [6, 6.07) is 8.35. The average molecular weight is 414 g/mol. The highest BCUT2D eigenvalue weighted by atomic mass is 32.1. The zero-order chi connectivity index (χ0) is 20.8. The van der Waals surface area contributed by atoms with E-state index in [0.29, 0.717) is 27.0 Å². The van der Waals surface area contributed by atoms with Gasteiger partial charge in [-0.25, -0.2) is 14.4 Å². The van der Waals surface area contributed by atoms with Gasteiger partial charge in [0.1, 0.15) is 24.6 Å². The molecule has 1 aromatic carbocycles. The summed E-state index contributed by atoms with van der Waals surface area (Å²) >= 11 is 1.21. The number of fused-ring (bicyclic) bond motifs is 1. The molecule has 4 N–H and O–H groups in total. The molecular weight excluding hydrogens is 399 g/mol. The number of hydrogen-bond acceptors (Lipinski definition) is 8. The van der Waals surface area contributed by atoms with Gasteiger partial charge in [-0.2, -0.15) is 5.26 Å². The third-order valence-electron chi connectivity index (χ3n) is 4.97. The smallest absolute Gasteiger partial charge is 0.249 e. The summed E-state index contributed by atoms with van der Waals surface area (Å²) in [4.78, 5) is 20.3.